The van der Waals surface area contributed by atoms with Crippen molar-refractivity contribution in [1.82, 2.24) is 5.32 Å². The van der Waals surface area contributed by atoms with Crippen molar-refractivity contribution in [2.24, 2.45) is 5.73 Å². The predicted octanol–water partition coefficient (Wildman–Crippen LogP) is 0.785. The summed E-state index contributed by atoms with van der Waals surface area (Å²) in [5.41, 5.74) is 7.62. The van der Waals surface area contributed by atoms with Gasteiger partial charge in [-0.2, -0.15) is 0 Å². The third kappa shape index (κ3) is 6.00. The molecular weight excluding hydrogens is 252 g/mol. The molecule has 0 spiro atoms. The fourth-order valence-corrected chi connectivity index (χ4v) is 1.58. The van der Waals surface area contributed by atoms with Crippen LogP contribution in [0, 0.1) is 6.92 Å². The Morgan fingerprint density at radius 1 is 1.39 bits per heavy atom. The van der Waals surface area contributed by atoms with Crippen molar-refractivity contribution in [1.29, 1.82) is 0 Å². The lowest BCUT2D eigenvalue weighted by Gasteiger charge is -2.12. The summed E-state index contributed by atoms with van der Waals surface area (Å²) in [4.78, 5) is 10.8. The molecule has 1 aromatic carbocycles. The summed E-state index contributed by atoms with van der Waals surface area (Å²) in [7, 11) is 0. The molecule has 0 bridgehead atoms. The van der Waals surface area contributed by atoms with E-state index in [9.17, 15) is 4.79 Å². The Balaban J connectivity index is 0.00000289. The van der Waals surface area contributed by atoms with E-state index >= 15 is 0 Å². The molecule has 0 radical (unpaired) electrons. The van der Waals surface area contributed by atoms with Gasteiger partial charge in [0.25, 0.3) is 0 Å². The SMILES string of the molecule is Cc1ccc(CCCNC(CO)C(N)=O)cc1.Cl. The van der Waals surface area contributed by atoms with Gasteiger partial charge in [0.1, 0.15) is 6.04 Å². The maximum absolute atomic E-state index is 10.8. The number of hydrogen-bond donors (Lipinski definition) is 3. The van der Waals surface area contributed by atoms with Crippen LogP contribution < -0.4 is 11.1 Å². The first-order chi connectivity index (χ1) is 8.13. The first-order valence-corrected chi connectivity index (χ1v) is 5.82. The van der Waals surface area contributed by atoms with E-state index < -0.39 is 11.9 Å². The lowest BCUT2D eigenvalue weighted by Crippen LogP contribution is -2.44. The van der Waals surface area contributed by atoms with Crippen LogP contribution in [0.3, 0.4) is 0 Å². The van der Waals surface area contributed by atoms with Gasteiger partial charge in [-0.1, -0.05) is 29.8 Å². The second kappa shape index (κ2) is 8.91. The highest BCUT2D eigenvalue weighted by Gasteiger charge is 2.11. The van der Waals surface area contributed by atoms with E-state index in [0.29, 0.717) is 6.54 Å². The van der Waals surface area contributed by atoms with Gasteiger partial charge in [-0.15, -0.1) is 12.4 Å². The zero-order valence-electron chi connectivity index (χ0n) is 10.6. The molecule has 0 saturated carbocycles. The highest BCUT2D eigenvalue weighted by atomic mass is 35.5. The van der Waals surface area contributed by atoms with Crippen molar-refractivity contribution in [3.05, 3.63) is 35.4 Å². The Morgan fingerprint density at radius 2 is 2.00 bits per heavy atom. The van der Waals surface area contributed by atoms with Crippen LogP contribution in [0.25, 0.3) is 0 Å². The topological polar surface area (TPSA) is 75.3 Å². The van der Waals surface area contributed by atoms with Gasteiger partial charge in [0.15, 0.2) is 0 Å². The van der Waals surface area contributed by atoms with Crippen molar-refractivity contribution < 1.29 is 9.90 Å². The molecule has 0 aromatic heterocycles. The molecular formula is C13H21ClN2O2. The summed E-state index contributed by atoms with van der Waals surface area (Å²) < 4.78 is 0. The molecule has 4 nitrogen and oxygen atoms in total. The summed E-state index contributed by atoms with van der Waals surface area (Å²) in [5, 5.41) is 11.8. The predicted molar refractivity (Wildman–Crippen MR) is 74.8 cm³/mol. The number of aliphatic hydroxyl groups excluding tert-OH is 1. The number of aliphatic hydroxyl groups is 1. The first-order valence-electron chi connectivity index (χ1n) is 5.82. The minimum Gasteiger partial charge on any atom is -0.394 e. The Hall–Kier alpha value is -1.10. The normalized spacial score (nSPS) is 11.7. The zero-order chi connectivity index (χ0) is 12.7. The number of carbonyl (C=O) groups is 1. The third-order valence-corrected chi connectivity index (χ3v) is 2.68. The number of nitrogens with one attached hydrogen (secondary N) is 1. The van der Waals surface area contributed by atoms with Crippen molar-refractivity contribution in [3.63, 3.8) is 0 Å². The Morgan fingerprint density at radius 3 is 2.50 bits per heavy atom. The van der Waals surface area contributed by atoms with Gasteiger partial charge in [-0.05, 0) is 31.9 Å². The average molecular weight is 273 g/mol. The molecule has 102 valence electrons. The molecule has 1 rings (SSSR count). The average Bonchev–Trinajstić information content (AvgIpc) is 2.31. The highest BCUT2D eigenvalue weighted by Crippen LogP contribution is 2.05. The molecule has 0 aliphatic carbocycles. The van der Waals surface area contributed by atoms with Gasteiger partial charge in [0.05, 0.1) is 6.61 Å². The molecule has 1 amide bonds. The van der Waals surface area contributed by atoms with Gasteiger partial charge in [0.2, 0.25) is 5.91 Å². The van der Waals surface area contributed by atoms with E-state index in [0.717, 1.165) is 12.8 Å². The molecule has 5 heteroatoms. The molecule has 1 atom stereocenters. The lowest BCUT2D eigenvalue weighted by atomic mass is 10.1. The fourth-order valence-electron chi connectivity index (χ4n) is 1.58. The van der Waals surface area contributed by atoms with Crippen LogP contribution in [0.15, 0.2) is 24.3 Å². The summed E-state index contributed by atoms with van der Waals surface area (Å²) in [6.07, 6.45) is 1.86. The van der Waals surface area contributed by atoms with Gasteiger partial charge in [0, 0.05) is 0 Å². The molecule has 1 unspecified atom stereocenters. The van der Waals surface area contributed by atoms with Crippen LogP contribution in [-0.2, 0) is 11.2 Å². The van der Waals surface area contributed by atoms with E-state index in [-0.39, 0.29) is 19.0 Å². The zero-order valence-corrected chi connectivity index (χ0v) is 11.4. The Kier molecular flexibility index (Phi) is 8.37. The number of benzene rings is 1. The quantitative estimate of drug-likeness (QED) is 0.642. The standard InChI is InChI=1S/C13H20N2O2.ClH/c1-10-4-6-11(7-5-10)3-2-8-15-12(9-16)13(14)17;/h4-7,12,15-16H,2-3,8-9H2,1H3,(H2,14,17);1H. The van der Waals surface area contributed by atoms with Crippen molar-refractivity contribution in [3.8, 4) is 0 Å². The minimum absolute atomic E-state index is 0. The number of primary amides is 1. The number of nitrogens with two attached hydrogens (primary N) is 1. The van der Waals surface area contributed by atoms with E-state index in [1.165, 1.54) is 11.1 Å². The van der Waals surface area contributed by atoms with Crippen LogP contribution in [-0.4, -0.2) is 30.2 Å². The summed E-state index contributed by atoms with van der Waals surface area (Å²) >= 11 is 0. The minimum atomic E-state index is -0.631. The van der Waals surface area contributed by atoms with Gasteiger partial charge < -0.3 is 16.2 Å². The molecule has 0 aliphatic rings. The van der Waals surface area contributed by atoms with E-state index in [2.05, 4.69) is 36.5 Å². The summed E-state index contributed by atoms with van der Waals surface area (Å²) in [6, 6.07) is 7.75. The molecule has 18 heavy (non-hydrogen) atoms. The van der Waals surface area contributed by atoms with Crippen molar-refractivity contribution in [2.45, 2.75) is 25.8 Å². The third-order valence-electron chi connectivity index (χ3n) is 2.68. The number of hydrogen-bond acceptors (Lipinski definition) is 3. The maximum Gasteiger partial charge on any atom is 0.236 e. The monoisotopic (exact) mass is 272 g/mol. The number of carbonyl (C=O) groups excluding carboxylic acids is 1. The van der Waals surface area contributed by atoms with E-state index in [1.807, 2.05) is 0 Å². The number of aryl methyl sites for hydroxylation is 2. The molecule has 4 N–H and O–H groups in total. The van der Waals surface area contributed by atoms with E-state index in [4.69, 9.17) is 10.8 Å². The lowest BCUT2D eigenvalue weighted by molar-refractivity contribution is -0.120. The van der Waals surface area contributed by atoms with Crippen molar-refractivity contribution >= 4 is 18.3 Å². The van der Waals surface area contributed by atoms with Crippen molar-refractivity contribution in [2.75, 3.05) is 13.2 Å². The second-order valence-corrected chi connectivity index (χ2v) is 4.18. The van der Waals surface area contributed by atoms with Gasteiger partial charge in [-0.3, -0.25) is 4.79 Å². The highest BCUT2D eigenvalue weighted by molar-refractivity contribution is 5.85. The van der Waals surface area contributed by atoms with Gasteiger partial charge in [-0.25, -0.2) is 0 Å². The van der Waals surface area contributed by atoms with Crippen LogP contribution in [0.2, 0.25) is 0 Å². The first kappa shape index (κ1) is 16.9. The number of halogens is 1. The molecule has 0 aliphatic heterocycles. The Labute approximate surface area is 114 Å². The summed E-state index contributed by atoms with van der Waals surface area (Å²) in [5.74, 6) is -0.511. The second-order valence-electron chi connectivity index (χ2n) is 4.18. The Bertz CT molecular complexity index is 355. The van der Waals surface area contributed by atoms with E-state index in [1.54, 1.807) is 0 Å². The number of amides is 1. The smallest absolute Gasteiger partial charge is 0.236 e. The van der Waals surface area contributed by atoms with Crippen LogP contribution in [0.1, 0.15) is 17.5 Å². The molecule has 1 aromatic rings. The molecule has 0 saturated heterocycles. The maximum atomic E-state index is 10.8. The molecule has 0 fully saturated rings. The summed E-state index contributed by atoms with van der Waals surface area (Å²) in [6.45, 7) is 2.48. The van der Waals surface area contributed by atoms with Crippen LogP contribution in [0.5, 0.6) is 0 Å². The van der Waals surface area contributed by atoms with Crippen LogP contribution in [0.4, 0.5) is 0 Å². The molecule has 0 heterocycles. The van der Waals surface area contributed by atoms with Gasteiger partial charge >= 0.3 is 0 Å². The van der Waals surface area contributed by atoms with Crippen LogP contribution >= 0.6 is 12.4 Å². The fraction of sp³-hybridized carbons (Fsp3) is 0.462. The largest absolute Gasteiger partial charge is 0.394 e. The number of rotatable bonds is 7.